The van der Waals surface area contributed by atoms with Crippen molar-refractivity contribution in [3.8, 4) is 0 Å². The minimum atomic E-state index is -0.230. The Bertz CT molecular complexity index is 384. The summed E-state index contributed by atoms with van der Waals surface area (Å²) in [5, 5.41) is 0. The van der Waals surface area contributed by atoms with Crippen molar-refractivity contribution < 1.29 is 4.39 Å². The molecule has 0 amide bonds. The molecule has 0 spiro atoms. The van der Waals surface area contributed by atoms with Crippen LogP contribution in [0, 0.1) is 11.7 Å². The quantitative estimate of drug-likeness (QED) is 0.832. The van der Waals surface area contributed by atoms with Gasteiger partial charge in [-0.3, -0.25) is 0 Å². The lowest BCUT2D eigenvalue weighted by Crippen LogP contribution is -2.41. The fourth-order valence-corrected chi connectivity index (χ4v) is 3.14. The van der Waals surface area contributed by atoms with Gasteiger partial charge >= 0.3 is 0 Å². The molecule has 0 saturated carbocycles. The Labute approximate surface area is 96.9 Å². The maximum atomic E-state index is 13.1. The van der Waals surface area contributed by atoms with Gasteiger partial charge in [0.15, 0.2) is 0 Å². The second-order valence-electron chi connectivity index (χ2n) is 4.86. The molecule has 1 aromatic rings. The van der Waals surface area contributed by atoms with Crippen LogP contribution < -0.4 is 5.73 Å². The number of hydrogen-bond acceptors (Lipinski definition) is 1. The summed E-state index contributed by atoms with van der Waals surface area (Å²) in [4.78, 5) is 0. The van der Waals surface area contributed by atoms with Crippen LogP contribution in [-0.2, 0) is 12.0 Å². The average Bonchev–Trinajstić information content (AvgIpc) is 2.58. The van der Waals surface area contributed by atoms with Crippen molar-refractivity contribution in [2.75, 3.05) is 0 Å². The van der Waals surface area contributed by atoms with Gasteiger partial charge in [0.2, 0.25) is 0 Å². The largest absolute Gasteiger partial charge is 0.321 e. The van der Waals surface area contributed by atoms with Gasteiger partial charge in [-0.15, -0.1) is 0 Å². The van der Waals surface area contributed by atoms with E-state index in [9.17, 15) is 4.39 Å². The lowest BCUT2D eigenvalue weighted by atomic mass is 9.77. The summed E-state index contributed by atoms with van der Waals surface area (Å²) in [6, 6.07) is 5.07. The molecule has 0 bridgehead atoms. The molecule has 2 heteroatoms. The molecule has 0 fully saturated rings. The van der Waals surface area contributed by atoms with Crippen LogP contribution in [0.3, 0.4) is 0 Å². The number of fused-ring (bicyclic) bond motifs is 1. The van der Waals surface area contributed by atoms with E-state index in [1.807, 2.05) is 6.07 Å². The molecule has 1 unspecified atom stereocenters. The molecule has 2 rings (SSSR count). The summed E-state index contributed by atoms with van der Waals surface area (Å²) in [6.45, 7) is 4.37. The minimum Gasteiger partial charge on any atom is -0.321 e. The van der Waals surface area contributed by atoms with Crippen LogP contribution in [0.1, 0.15) is 44.2 Å². The Morgan fingerprint density at radius 3 is 2.69 bits per heavy atom. The molecule has 0 aromatic heterocycles. The number of nitrogens with two attached hydrogens (primary N) is 1. The minimum absolute atomic E-state index is 0.146. The number of rotatable bonds is 3. The summed E-state index contributed by atoms with van der Waals surface area (Å²) in [7, 11) is 0. The first-order chi connectivity index (χ1) is 7.61. The highest BCUT2D eigenvalue weighted by Gasteiger charge is 2.40. The van der Waals surface area contributed by atoms with Gasteiger partial charge in [0.05, 0.1) is 0 Å². The van der Waals surface area contributed by atoms with E-state index in [4.69, 9.17) is 5.73 Å². The maximum Gasteiger partial charge on any atom is 0.123 e. The first-order valence-electron chi connectivity index (χ1n) is 6.19. The van der Waals surface area contributed by atoms with Crippen molar-refractivity contribution in [2.24, 2.45) is 11.7 Å². The summed E-state index contributed by atoms with van der Waals surface area (Å²) >= 11 is 0. The van der Waals surface area contributed by atoms with E-state index in [2.05, 4.69) is 13.8 Å². The van der Waals surface area contributed by atoms with E-state index < -0.39 is 0 Å². The standard InChI is InChI=1S/C14H20FN/c1-3-11(4-2)14(16)8-7-10-9-12(15)5-6-13(10)14/h5-6,9,11H,3-4,7-8,16H2,1-2H3. The average molecular weight is 221 g/mol. The highest BCUT2D eigenvalue weighted by Crippen LogP contribution is 2.42. The van der Waals surface area contributed by atoms with Crippen LogP contribution in [-0.4, -0.2) is 0 Å². The zero-order valence-electron chi connectivity index (χ0n) is 10.1. The van der Waals surface area contributed by atoms with E-state index in [1.165, 1.54) is 11.6 Å². The van der Waals surface area contributed by atoms with Gasteiger partial charge in [-0.2, -0.15) is 0 Å². The summed E-state index contributed by atoms with van der Waals surface area (Å²) in [6.07, 6.45) is 4.05. The van der Waals surface area contributed by atoms with Crippen molar-refractivity contribution in [3.63, 3.8) is 0 Å². The van der Waals surface area contributed by atoms with E-state index in [0.717, 1.165) is 31.2 Å². The Morgan fingerprint density at radius 2 is 2.06 bits per heavy atom. The third kappa shape index (κ3) is 1.65. The molecular weight excluding hydrogens is 201 g/mol. The lowest BCUT2D eigenvalue weighted by Gasteiger charge is -2.34. The predicted molar refractivity (Wildman–Crippen MR) is 64.7 cm³/mol. The van der Waals surface area contributed by atoms with Crippen molar-refractivity contribution in [2.45, 2.75) is 45.1 Å². The van der Waals surface area contributed by atoms with Crippen LogP contribution in [0.25, 0.3) is 0 Å². The molecule has 88 valence electrons. The zero-order valence-corrected chi connectivity index (χ0v) is 10.1. The predicted octanol–water partition coefficient (Wildman–Crippen LogP) is 3.36. The molecule has 0 radical (unpaired) electrons. The van der Waals surface area contributed by atoms with Gasteiger partial charge in [0.25, 0.3) is 0 Å². The van der Waals surface area contributed by atoms with Crippen LogP contribution in [0.5, 0.6) is 0 Å². The van der Waals surface area contributed by atoms with Crippen molar-refractivity contribution in [1.82, 2.24) is 0 Å². The van der Waals surface area contributed by atoms with Crippen molar-refractivity contribution in [3.05, 3.63) is 35.1 Å². The van der Waals surface area contributed by atoms with Crippen LogP contribution in [0.4, 0.5) is 4.39 Å². The highest BCUT2D eigenvalue weighted by molar-refractivity contribution is 5.39. The second kappa shape index (κ2) is 4.17. The van der Waals surface area contributed by atoms with E-state index in [1.54, 1.807) is 6.07 Å². The molecule has 1 atom stereocenters. The molecule has 1 aromatic carbocycles. The molecule has 2 N–H and O–H groups in total. The highest BCUT2D eigenvalue weighted by atomic mass is 19.1. The summed E-state index contributed by atoms with van der Waals surface area (Å²) < 4.78 is 13.1. The van der Waals surface area contributed by atoms with Crippen LogP contribution >= 0.6 is 0 Å². The third-order valence-corrected chi connectivity index (χ3v) is 4.09. The maximum absolute atomic E-state index is 13.1. The fraction of sp³-hybridized carbons (Fsp3) is 0.571. The SMILES string of the molecule is CCC(CC)C1(N)CCc2cc(F)ccc21. The van der Waals surface area contributed by atoms with E-state index in [0.29, 0.717) is 5.92 Å². The molecule has 1 nitrogen and oxygen atoms in total. The first-order valence-corrected chi connectivity index (χ1v) is 6.19. The van der Waals surface area contributed by atoms with Gasteiger partial charge in [-0.1, -0.05) is 32.8 Å². The summed E-state index contributed by atoms with van der Waals surface area (Å²) in [5.74, 6) is 0.353. The third-order valence-electron chi connectivity index (χ3n) is 4.09. The van der Waals surface area contributed by atoms with Gasteiger partial charge in [0.1, 0.15) is 5.82 Å². The zero-order chi connectivity index (χ0) is 11.8. The Hall–Kier alpha value is -0.890. The number of benzene rings is 1. The molecule has 1 aliphatic carbocycles. The number of halogens is 1. The van der Waals surface area contributed by atoms with Crippen molar-refractivity contribution >= 4 is 0 Å². The van der Waals surface area contributed by atoms with Crippen LogP contribution in [0.15, 0.2) is 18.2 Å². The molecule has 0 saturated heterocycles. The molecule has 16 heavy (non-hydrogen) atoms. The number of hydrogen-bond donors (Lipinski definition) is 1. The first kappa shape index (κ1) is 11.6. The summed E-state index contributed by atoms with van der Waals surface area (Å²) in [5.41, 5.74) is 8.61. The second-order valence-corrected chi connectivity index (χ2v) is 4.86. The Morgan fingerprint density at radius 1 is 1.38 bits per heavy atom. The van der Waals surface area contributed by atoms with E-state index >= 15 is 0 Å². The topological polar surface area (TPSA) is 26.0 Å². The van der Waals surface area contributed by atoms with E-state index in [-0.39, 0.29) is 11.4 Å². The fourth-order valence-electron chi connectivity index (χ4n) is 3.14. The Balaban J connectivity index is 2.41. The van der Waals surface area contributed by atoms with Gasteiger partial charge in [-0.05, 0) is 42.0 Å². The van der Waals surface area contributed by atoms with Gasteiger partial charge in [0, 0.05) is 5.54 Å². The lowest BCUT2D eigenvalue weighted by molar-refractivity contribution is 0.256. The van der Waals surface area contributed by atoms with Gasteiger partial charge < -0.3 is 5.73 Å². The van der Waals surface area contributed by atoms with Gasteiger partial charge in [-0.25, -0.2) is 4.39 Å². The Kier molecular flexibility index (Phi) is 3.02. The normalized spacial score (nSPS) is 23.8. The molecule has 0 heterocycles. The monoisotopic (exact) mass is 221 g/mol. The molecule has 0 aliphatic heterocycles. The number of aryl methyl sites for hydroxylation is 1. The van der Waals surface area contributed by atoms with Crippen LogP contribution in [0.2, 0.25) is 0 Å². The molecular formula is C14H20FN. The van der Waals surface area contributed by atoms with Crippen molar-refractivity contribution in [1.29, 1.82) is 0 Å². The molecule has 1 aliphatic rings. The smallest absolute Gasteiger partial charge is 0.123 e.